The van der Waals surface area contributed by atoms with Gasteiger partial charge in [-0.05, 0) is 58.4 Å². The van der Waals surface area contributed by atoms with E-state index in [1.165, 1.54) is 5.56 Å². The van der Waals surface area contributed by atoms with Gasteiger partial charge in [-0.15, -0.1) is 0 Å². The SMILES string of the molecule is CCN(CC)C(=O)COc1ccc(CCC(C)NC)cc1. The van der Waals surface area contributed by atoms with Gasteiger partial charge >= 0.3 is 0 Å². The molecule has 0 aromatic heterocycles. The second-order valence-electron chi connectivity index (χ2n) is 5.23. The van der Waals surface area contributed by atoms with Gasteiger partial charge in [-0.2, -0.15) is 0 Å². The van der Waals surface area contributed by atoms with E-state index in [2.05, 4.69) is 24.4 Å². The first-order valence-corrected chi connectivity index (χ1v) is 7.77. The molecule has 1 aromatic carbocycles. The van der Waals surface area contributed by atoms with E-state index in [4.69, 9.17) is 4.74 Å². The lowest BCUT2D eigenvalue weighted by Crippen LogP contribution is -2.34. The highest BCUT2D eigenvalue weighted by molar-refractivity contribution is 5.77. The van der Waals surface area contributed by atoms with Crippen LogP contribution in [0, 0.1) is 0 Å². The van der Waals surface area contributed by atoms with Crippen molar-refractivity contribution in [2.24, 2.45) is 0 Å². The van der Waals surface area contributed by atoms with Crippen molar-refractivity contribution in [2.45, 2.75) is 39.7 Å². The van der Waals surface area contributed by atoms with Gasteiger partial charge in [0.05, 0.1) is 0 Å². The van der Waals surface area contributed by atoms with E-state index in [-0.39, 0.29) is 12.5 Å². The Balaban J connectivity index is 2.42. The molecule has 1 rings (SSSR count). The Morgan fingerprint density at radius 2 is 1.86 bits per heavy atom. The van der Waals surface area contributed by atoms with Gasteiger partial charge in [0, 0.05) is 19.1 Å². The summed E-state index contributed by atoms with van der Waals surface area (Å²) in [5.41, 5.74) is 1.29. The van der Waals surface area contributed by atoms with Crippen LogP contribution in [0.4, 0.5) is 0 Å². The minimum Gasteiger partial charge on any atom is -0.484 e. The average molecular weight is 292 g/mol. The molecule has 1 N–H and O–H groups in total. The first-order chi connectivity index (χ1) is 10.1. The van der Waals surface area contributed by atoms with Gasteiger partial charge in [-0.3, -0.25) is 4.79 Å². The maximum absolute atomic E-state index is 11.9. The Bertz CT molecular complexity index is 413. The van der Waals surface area contributed by atoms with Crippen LogP contribution >= 0.6 is 0 Å². The molecule has 118 valence electrons. The van der Waals surface area contributed by atoms with Gasteiger partial charge in [0.25, 0.3) is 5.91 Å². The smallest absolute Gasteiger partial charge is 0.260 e. The van der Waals surface area contributed by atoms with Gasteiger partial charge in [0.2, 0.25) is 0 Å². The quantitative estimate of drug-likeness (QED) is 0.760. The predicted octanol–water partition coefficient (Wildman–Crippen LogP) is 2.47. The summed E-state index contributed by atoms with van der Waals surface area (Å²) in [6.45, 7) is 7.68. The van der Waals surface area contributed by atoms with Crippen LogP contribution in [0.15, 0.2) is 24.3 Å². The van der Waals surface area contributed by atoms with Gasteiger partial charge in [0.15, 0.2) is 6.61 Å². The topological polar surface area (TPSA) is 41.6 Å². The molecule has 0 aliphatic heterocycles. The minimum absolute atomic E-state index is 0.0342. The van der Waals surface area contributed by atoms with Crippen LogP contribution in [0.25, 0.3) is 0 Å². The maximum atomic E-state index is 11.9. The van der Waals surface area contributed by atoms with Crippen molar-refractivity contribution in [3.8, 4) is 5.75 Å². The molecule has 21 heavy (non-hydrogen) atoms. The number of nitrogens with zero attached hydrogens (tertiary/aromatic N) is 1. The molecular weight excluding hydrogens is 264 g/mol. The zero-order chi connectivity index (χ0) is 15.7. The number of carbonyl (C=O) groups excluding carboxylic acids is 1. The fourth-order valence-electron chi connectivity index (χ4n) is 2.09. The lowest BCUT2D eigenvalue weighted by molar-refractivity contribution is -0.132. The first kappa shape index (κ1) is 17.5. The second kappa shape index (κ2) is 9.40. The normalized spacial score (nSPS) is 12.0. The van der Waals surface area contributed by atoms with Crippen LogP contribution in [0.3, 0.4) is 0 Å². The Hall–Kier alpha value is -1.55. The summed E-state index contributed by atoms with van der Waals surface area (Å²) in [5, 5.41) is 3.23. The molecule has 4 nitrogen and oxygen atoms in total. The molecule has 1 aromatic rings. The van der Waals surface area contributed by atoms with Crippen LogP contribution in [-0.2, 0) is 11.2 Å². The summed E-state index contributed by atoms with van der Waals surface area (Å²) >= 11 is 0. The van der Waals surface area contributed by atoms with Gasteiger partial charge in [0.1, 0.15) is 5.75 Å². The third-order valence-corrected chi connectivity index (χ3v) is 3.76. The lowest BCUT2D eigenvalue weighted by atomic mass is 10.1. The van der Waals surface area contributed by atoms with Gasteiger partial charge < -0.3 is 15.0 Å². The van der Waals surface area contributed by atoms with E-state index < -0.39 is 0 Å². The fraction of sp³-hybridized carbons (Fsp3) is 0.588. The van der Waals surface area contributed by atoms with Crippen molar-refractivity contribution in [2.75, 3.05) is 26.7 Å². The number of ether oxygens (including phenoxy) is 1. The highest BCUT2D eigenvalue weighted by Gasteiger charge is 2.10. The Labute approximate surface area is 128 Å². The number of carbonyl (C=O) groups is 1. The molecule has 4 heteroatoms. The summed E-state index contributed by atoms with van der Waals surface area (Å²) in [6.07, 6.45) is 2.15. The molecule has 1 amide bonds. The summed E-state index contributed by atoms with van der Waals surface area (Å²) in [7, 11) is 1.98. The first-order valence-electron chi connectivity index (χ1n) is 7.77. The lowest BCUT2D eigenvalue weighted by Gasteiger charge is -2.18. The largest absolute Gasteiger partial charge is 0.484 e. The van der Waals surface area contributed by atoms with Crippen molar-refractivity contribution in [3.05, 3.63) is 29.8 Å². The van der Waals surface area contributed by atoms with Crippen molar-refractivity contribution >= 4 is 5.91 Å². The van der Waals surface area contributed by atoms with E-state index in [0.29, 0.717) is 6.04 Å². The average Bonchev–Trinajstić information content (AvgIpc) is 2.52. The van der Waals surface area contributed by atoms with E-state index in [9.17, 15) is 4.79 Å². The Kier molecular flexibility index (Phi) is 7.83. The molecule has 0 fully saturated rings. The van der Waals surface area contributed by atoms with Crippen molar-refractivity contribution in [1.29, 1.82) is 0 Å². The van der Waals surface area contributed by atoms with Crippen molar-refractivity contribution in [3.63, 3.8) is 0 Å². The molecule has 0 spiro atoms. The van der Waals surface area contributed by atoms with Gasteiger partial charge in [-0.1, -0.05) is 12.1 Å². The summed E-state index contributed by atoms with van der Waals surface area (Å²) in [5.74, 6) is 0.785. The van der Waals surface area contributed by atoms with E-state index in [1.54, 1.807) is 4.90 Å². The molecule has 1 atom stereocenters. The van der Waals surface area contributed by atoms with E-state index in [1.807, 2.05) is 33.0 Å². The zero-order valence-electron chi connectivity index (χ0n) is 13.7. The minimum atomic E-state index is 0.0342. The molecule has 1 unspecified atom stereocenters. The molecule has 0 saturated heterocycles. The number of aryl methyl sites for hydroxylation is 1. The molecular formula is C17H28N2O2. The monoisotopic (exact) mass is 292 g/mol. The van der Waals surface area contributed by atoms with Crippen LogP contribution in [0.1, 0.15) is 32.8 Å². The second-order valence-corrected chi connectivity index (χ2v) is 5.23. The fourth-order valence-corrected chi connectivity index (χ4v) is 2.09. The predicted molar refractivity (Wildman–Crippen MR) is 86.7 cm³/mol. The number of nitrogens with one attached hydrogen (secondary N) is 1. The highest BCUT2D eigenvalue weighted by Crippen LogP contribution is 2.14. The van der Waals surface area contributed by atoms with Crippen LogP contribution in [-0.4, -0.2) is 43.6 Å². The van der Waals surface area contributed by atoms with Crippen LogP contribution in [0.2, 0.25) is 0 Å². The number of benzene rings is 1. The number of hydrogen-bond acceptors (Lipinski definition) is 3. The standard InChI is InChI=1S/C17H28N2O2/c1-5-19(6-2)17(20)13-21-16-11-9-15(10-12-16)8-7-14(3)18-4/h9-12,14,18H,5-8,13H2,1-4H3. The summed E-state index contributed by atoms with van der Waals surface area (Å²) < 4.78 is 5.55. The number of amides is 1. The molecule has 0 saturated carbocycles. The summed E-state index contributed by atoms with van der Waals surface area (Å²) in [4.78, 5) is 13.6. The molecule has 0 aliphatic rings. The molecule has 0 bridgehead atoms. The van der Waals surface area contributed by atoms with E-state index >= 15 is 0 Å². The number of rotatable bonds is 9. The maximum Gasteiger partial charge on any atom is 0.260 e. The third kappa shape index (κ3) is 6.17. The zero-order valence-corrected chi connectivity index (χ0v) is 13.7. The van der Waals surface area contributed by atoms with Crippen molar-refractivity contribution < 1.29 is 9.53 Å². The Morgan fingerprint density at radius 1 is 1.24 bits per heavy atom. The van der Waals surface area contributed by atoms with Gasteiger partial charge in [-0.25, -0.2) is 0 Å². The van der Waals surface area contributed by atoms with Crippen molar-refractivity contribution in [1.82, 2.24) is 10.2 Å². The highest BCUT2D eigenvalue weighted by atomic mass is 16.5. The van der Waals surface area contributed by atoms with Crippen LogP contribution < -0.4 is 10.1 Å². The molecule has 0 heterocycles. The third-order valence-electron chi connectivity index (χ3n) is 3.76. The number of hydrogen-bond donors (Lipinski definition) is 1. The number of likely N-dealkylation sites (N-methyl/N-ethyl adjacent to an activating group) is 1. The molecule has 0 aliphatic carbocycles. The summed E-state index contributed by atoms with van der Waals surface area (Å²) in [6, 6.07) is 8.54. The van der Waals surface area contributed by atoms with Crippen LogP contribution in [0.5, 0.6) is 5.75 Å². The van der Waals surface area contributed by atoms with E-state index in [0.717, 1.165) is 31.7 Å². The Morgan fingerprint density at radius 3 is 2.38 bits per heavy atom. The molecule has 0 radical (unpaired) electrons.